The molecule has 1 aromatic carbocycles. The summed E-state index contributed by atoms with van der Waals surface area (Å²) in [5, 5.41) is 0. The zero-order valence-corrected chi connectivity index (χ0v) is 9.17. The number of benzene rings is 1. The fraction of sp³-hybridized carbons (Fsp3) is 0.500. The Morgan fingerprint density at radius 1 is 1.50 bits per heavy atom. The van der Waals surface area contributed by atoms with Crippen LogP contribution in [0.25, 0.3) is 0 Å². The number of hydrogen-bond donors (Lipinski definition) is 1. The van der Waals surface area contributed by atoms with Gasteiger partial charge in [0.25, 0.3) is 5.92 Å². The molecule has 4 heteroatoms. The number of rotatable bonds is 3. The Labute approximate surface area is 93.4 Å². The van der Waals surface area contributed by atoms with Gasteiger partial charge in [0, 0.05) is 18.4 Å². The summed E-state index contributed by atoms with van der Waals surface area (Å²) in [5.41, 5.74) is 6.08. The minimum absolute atomic E-state index is 0.0169. The minimum atomic E-state index is -2.84. The molecule has 1 aliphatic rings. The summed E-state index contributed by atoms with van der Waals surface area (Å²) in [4.78, 5) is 0. The first-order valence-corrected chi connectivity index (χ1v) is 5.41. The van der Waals surface area contributed by atoms with Gasteiger partial charge in [-0.3, -0.25) is 0 Å². The zero-order valence-electron chi connectivity index (χ0n) is 9.17. The molecule has 0 radical (unpaired) electrons. The van der Waals surface area contributed by atoms with E-state index in [1.807, 2.05) is 6.92 Å². The van der Waals surface area contributed by atoms with Crippen molar-refractivity contribution in [1.82, 2.24) is 0 Å². The molecule has 1 unspecified atom stereocenters. The van der Waals surface area contributed by atoms with Crippen molar-refractivity contribution in [3.05, 3.63) is 29.3 Å². The number of fused-ring (bicyclic) bond motifs is 1. The van der Waals surface area contributed by atoms with E-state index in [9.17, 15) is 8.78 Å². The Kier molecular flexibility index (Phi) is 2.84. The summed E-state index contributed by atoms with van der Waals surface area (Å²) in [6.07, 6.45) is 0.456. The number of hydrogen-bond acceptors (Lipinski definition) is 2. The van der Waals surface area contributed by atoms with Gasteiger partial charge in [-0.25, -0.2) is 8.78 Å². The van der Waals surface area contributed by atoms with Crippen molar-refractivity contribution in [3.63, 3.8) is 0 Å². The van der Waals surface area contributed by atoms with E-state index in [1.54, 1.807) is 6.07 Å². The van der Waals surface area contributed by atoms with E-state index in [4.69, 9.17) is 10.5 Å². The molecule has 2 nitrogen and oxygen atoms in total. The lowest BCUT2D eigenvalue weighted by atomic mass is 10.0. The van der Waals surface area contributed by atoms with Crippen LogP contribution in [0.4, 0.5) is 8.78 Å². The van der Waals surface area contributed by atoms with Gasteiger partial charge < -0.3 is 10.5 Å². The van der Waals surface area contributed by atoms with Crippen LogP contribution in [-0.4, -0.2) is 12.6 Å². The molecule has 0 spiro atoms. The van der Waals surface area contributed by atoms with Crippen LogP contribution in [0.5, 0.6) is 5.75 Å². The molecule has 0 saturated carbocycles. The van der Waals surface area contributed by atoms with Gasteiger partial charge in [-0.05, 0) is 37.2 Å². The molecule has 2 N–H and O–H groups in total. The van der Waals surface area contributed by atoms with E-state index in [1.165, 1.54) is 12.1 Å². The molecule has 0 bridgehead atoms. The van der Waals surface area contributed by atoms with Gasteiger partial charge in [-0.1, -0.05) is 0 Å². The molecule has 2 rings (SSSR count). The lowest BCUT2D eigenvalue weighted by Gasteiger charge is -2.16. The molecule has 0 amide bonds. The van der Waals surface area contributed by atoms with Crippen molar-refractivity contribution in [2.24, 2.45) is 5.73 Å². The lowest BCUT2D eigenvalue weighted by Crippen LogP contribution is -2.18. The highest BCUT2D eigenvalue weighted by Gasteiger charge is 2.32. The first-order chi connectivity index (χ1) is 7.53. The van der Waals surface area contributed by atoms with Crippen molar-refractivity contribution in [1.29, 1.82) is 0 Å². The third kappa shape index (κ3) is 2.02. The second kappa shape index (κ2) is 4.01. The Bertz CT molecular complexity index is 393. The minimum Gasteiger partial charge on any atom is -0.490 e. The lowest BCUT2D eigenvalue weighted by molar-refractivity contribution is -0.0107. The Balaban J connectivity index is 2.28. The van der Waals surface area contributed by atoms with Crippen molar-refractivity contribution in [3.8, 4) is 5.75 Å². The molecule has 0 aliphatic carbocycles. The van der Waals surface area contributed by atoms with Gasteiger partial charge in [-0.2, -0.15) is 0 Å². The fourth-order valence-electron chi connectivity index (χ4n) is 1.98. The van der Waals surface area contributed by atoms with Crippen molar-refractivity contribution in [2.75, 3.05) is 6.54 Å². The van der Waals surface area contributed by atoms with Crippen LogP contribution in [0.2, 0.25) is 0 Å². The maximum atomic E-state index is 13.6. The highest BCUT2D eigenvalue weighted by atomic mass is 19.3. The zero-order chi connectivity index (χ0) is 11.8. The van der Waals surface area contributed by atoms with Crippen LogP contribution in [0, 0.1) is 0 Å². The Hall–Kier alpha value is -1.16. The molecule has 1 heterocycles. The second-order valence-corrected chi connectivity index (χ2v) is 4.20. The average molecular weight is 227 g/mol. The van der Waals surface area contributed by atoms with Crippen LogP contribution >= 0.6 is 0 Å². The molecule has 0 fully saturated rings. The summed E-state index contributed by atoms with van der Waals surface area (Å²) < 4.78 is 32.7. The number of ether oxygens (including phenoxy) is 1. The highest BCUT2D eigenvalue weighted by molar-refractivity contribution is 5.41. The van der Waals surface area contributed by atoms with Crippen molar-refractivity contribution < 1.29 is 13.5 Å². The Morgan fingerprint density at radius 3 is 2.94 bits per heavy atom. The predicted octanol–water partition coefficient (Wildman–Crippen LogP) is 2.45. The smallest absolute Gasteiger partial charge is 0.274 e. The van der Waals surface area contributed by atoms with Crippen molar-refractivity contribution in [2.45, 2.75) is 31.8 Å². The van der Waals surface area contributed by atoms with E-state index in [2.05, 4.69) is 0 Å². The Morgan fingerprint density at radius 2 is 2.25 bits per heavy atom. The van der Waals surface area contributed by atoms with Gasteiger partial charge in [0.15, 0.2) is 0 Å². The average Bonchev–Trinajstić information content (AvgIpc) is 2.56. The molecule has 1 aliphatic heterocycles. The van der Waals surface area contributed by atoms with E-state index in [-0.39, 0.29) is 24.6 Å². The van der Waals surface area contributed by atoms with Gasteiger partial charge in [0.05, 0.1) is 0 Å². The van der Waals surface area contributed by atoms with Gasteiger partial charge in [-0.15, -0.1) is 0 Å². The molecule has 16 heavy (non-hydrogen) atoms. The van der Waals surface area contributed by atoms with E-state index in [0.717, 1.165) is 11.3 Å². The van der Waals surface area contributed by atoms with Crippen molar-refractivity contribution >= 4 is 0 Å². The topological polar surface area (TPSA) is 35.2 Å². The molecule has 0 saturated heterocycles. The van der Waals surface area contributed by atoms with E-state index >= 15 is 0 Å². The normalized spacial score (nSPS) is 19.4. The fourth-order valence-corrected chi connectivity index (χ4v) is 1.98. The summed E-state index contributed by atoms with van der Waals surface area (Å²) >= 11 is 0. The molecule has 1 aromatic rings. The maximum Gasteiger partial charge on any atom is 0.274 e. The van der Waals surface area contributed by atoms with E-state index in [0.29, 0.717) is 6.42 Å². The van der Waals surface area contributed by atoms with E-state index < -0.39 is 5.92 Å². The van der Waals surface area contributed by atoms with Crippen LogP contribution in [-0.2, 0) is 12.3 Å². The summed E-state index contributed by atoms with van der Waals surface area (Å²) in [7, 11) is 0. The van der Waals surface area contributed by atoms with Gasteiger partial charge in [0.2, 0.25) is 0 Å². The molecule has 0 aromatic heterocycles. The SMILES string of the molecule is CC1Cc2cc(C(F)(F)CCN)ccc2O1. The number of alkyl halides is 2. The first-order valence-electron chi connectivity index (χ1n) is 5.41. The predicted molar refractivity (Wildman–Crippen MR) is 57.8 cm³/mol. The highest BCUT2D eigenvalue weighted by Crippen LogP contribution is 2.36. The third-order valence-corrected chi connectivity index (χ3v) is 2.78. The molecular formula is C12H15F2NO. The first kappa shape index (κ1) is 11.3. The van der Waals surface area contributed by atoms with Crippen LogP contribution in [0.15, 0.2) is 18.2 Å². The number of nitrogens with two attached hydrogens (primary N) is 1. The summed E-state index contributed by atoms with van der Waals surface area (Å²) in [6.45, 7) is 1.91. The van der Waals surface area contributed by atoms with Gasteiger partial charge >= 0.3 is 0 Å². The molecule has 88 valence electrons. The number of halogens is 2. The largest absolute Gasteiger partial charge is 0.490 e. The maximum absolute atomic E-state index is 13.6. The summed E-state index contributed by atoms with van der Waals surface area (Å²) in [6, 6.07) is 4.58. The van der Waals surface area contributed by atoms with Gasteiger partial charge in [0.1, 0.15) is 11.9 Å². The standard InChI is InChI=1S/C12H15F2NO/c1-8-6-9-7-10(2-3-11(9)16-8)12(13,14)4-5-15/h2-3,7-8H,4-6,15H2,1H3. The van der Waals surface area contributed by atoms with Crippen LogP contribution in [0.1, 0.15) is 24.5 Å². The monoisotopic (exact) mass is 227 g/mol. The second-order valence-electron chi connectivity index (χ2n) is 4.20. The summed E-state index contributed by atoms with van der Waals surface area (Å²) in [5.74, 6) is -2.12. The van der Waals surface area contributed by atoms with Crippen LogP contribution in [0.3, 0.4) is 0 Å². The third-order valence-electron chi connectivity index (χ3n) is 2.78. The van der Waals surface area contributed by atoms with Crippen LogP contribution < -0.4 is 10.5 Å². The quantitative estimate of drug-likeness (QED) is 0.860. The molecular weight excluding hydrogens is 212 g/mol. The molecule has 1 atom stereocenters.